The summed E-state index contributed by atoms with van der Waals surface area (Å²) in [6.45, 7) is 1.99. The number of benzene rings is 1. The van der Waals surface area contributed by atoms with Crippen molar-refractivity contribution in [3.8, 4) is 0 Å². The summed E-state index contributed by atoms with van der Waals surface area (Å²) in [6, 6.07) is 5.96. The quantitative estimate of drug-likeness (QED) is 0.567. The molecule has 0 amide bonds. The van der Waals surface area contributed by atoms with Gasteiger partial charge in [-0.15, -0.1) is 11.3 Å². The summed E-state index contributed by atoms with van der Waals surface area (Å²) in [5.74, 6) is 0.878. The predicted molar refractivity (Wildman–Crippen MR) is 88.7 cm³/mol. The van der Waals surface area contributed by atoms with Crippen molar-refractivity contribution in [3.05, 3.63) is 35.1 Å². The topological polar surface area (TPSA) is 98.3 Å². The van der Waals surface area contributed by atoms with Gasteiger partial charge in [0.15, 0.2) is 0 Å². The number of thiazole rings is 1. The molecule has 3 rings (SSSR count). The van der Waals surface area contributed by atoms with Crippen LogP contribution < -0.4 is 11.1 Å². The number of anilines is 3. The fraction of sp³-hybridized carbons (Fsp3) is 0.143. The van der Waals surface area contributed by atoms with Crippen LogP contribution in [0.4, 0.5) is 17.3 Å². The van der Waals surface area contributed by atoms with Crippen LogP contribution in [0.3, 0.4) is 0 Å². The molecular weight excluding hydrogens is 300 g/mol. The number of nitrogens with two attached hydrogens (primary N) is 1. The number of aryl methyl sites for hydroxylation is 1. The number of oxime groups is 1. The van der Waals surface area contributed by atoms with E-state index in [2.05, 4.69) is 30.3 Å². The van der Waals surface area contributed by atoms with Crippen LogP contribution in [-0.2, 0) is 4.84 Å². The van der Waals surface area contributed by atoms with Gasteiger partial charge in [0.2, 0.25) is 0 Å². The Morgan fingerprint density at radius 1 is 1.36 bits per heavy atom. The van der Waals surface area contributed by atoms with Gasteiger partial charge in [-0.1, -0.05) is 5.16 Å². The van der Waals surface area contributed by atoms with Crippen molar-refractivity contribution in [2.75, 3.05) is 18.2 Å². The van der Waals surface area contributed by atoms with E-state index in [1.54, 1.807) is 11.3 Å². The van der Waals surface area contributed by atoms with E-state index in [0.29, 0.717) is 17.2 Å². The van der Waals surface area contributed by atoms with Gasteiger partial charge in [0.25, 0.3) is 0 Å². The van der Waals surface area contributed by atoms with Crippen LogP contribution >= 0.6 is 11.3 Å². The molecule has 0 spiro atoms. The average molecular weight is 314 g/mol. The zero-order valence-corrected chi connectivity index (χ0v) is 12.9. The first-order valence-electron chi connectivity index (χ1n) is 6.48. The molecule has 8 heteroatoms. The Morgan fingerprint density at radius 3 is 3.05 bits per heavy atom. The largest absolute Gasteiger partial charge is 0.399 e. The minimum atomic E-state index is 0.323. The second kappa shape index (κ2) is 5.94. The molecule has 22 heavy (non-hydrogen) atoms. The molecule has 0 fully saturated rings. The fourth-order valence-corrected chi connectivity index (χ4v) is 2.81. The third-order valence-electron chi connectivity index (χ3n) is 2.96. The second-order valence-electron chi connectivity index (χ2n) is 4.48. The summed E-state index contributed by atoms with van der Waals surface area (Å²) in [5.41, 5.74) is 8.24. The Labute approximate surface area is 130 Å². The standard InChI is InChI=1S/C14H14N6OS/c1-8-19-11-5-9(3-4-12(11)22-8)20-14-10(6-18-21-2)13(15)16-7-17-14/h3-7H,1-2H3,(H3,15,16,17,20). The maximum Gasteiger partial charge on any atom is 0.144 e. The molecule has 0 aliphatic rings. The number of nitrogens with zero attached hydrogens (tertiary/aromatic N) is 4. The lowest BCUT2D eigenvalue weighted by molar-refractivity contribution is 0.215. The SMILES string of the molecule is CON=Cc1c(N)ncnc1Nc1ccc2sc(C)nc2c1. The van der Waals surface area contributed by atoms with Crippen LogP contribution in [0.15, 0.2) is 29.7 Å². The van der Waals surface area contributed by atoms with Crippen molar-refractivity contribution in [1.82, 2.24) is 15.0 Å². The first kappa shape index (κ1) is 14.2. The molecule has 0 saturated heterocycles. The van der Waals surface area contributed by atoms with Crippen molar-refractivity contribution in [3.63, 3.8) is 0 Å². The van der Waals surface area contributed by atoms with E-state index < -0.39 is 0 Å². The lowest BCUT2D eigenvalue weighted by Gasteiger charge is -2.09. The molecule has 2 aromatic heterocycles. The summed E-state index contributed by atoms with van der Waals surface area (Å²) in [6.07, 6.45) is 2.87. The summed E-state index contributed by atoms with van der Waals surface area (Å²) in [4.78, 5) is 17.3. The first-order valence-corrected chi connectivity index (χ1v) is 7.30. The summed E-state index contributed by atoms with van der Waals surface area (Å²) >= 11 is 1.66. The van der Waals surface area contributed by atoms with Crippen LogP contribution in [0.2, 0.25) is 0 Å². The van der Waals surface area contributed by atoms with E-state index in [-0.39, 0.29) is 0 Å². The van der Waals surface area contributed by atoms with E-state index >= 15 is 0 Å². The van der Waals surface area contributed by atoms with Gasteiger partial charge in [-0.2, -0.15) is 0 Å². The van der Waals surface area contributed by atoms with Gasteiger partial charge in [0, 0.05) is 5.69 Å². The molecule has 0 bridgehead atoms. The van der Waals surface area contributed by atoms with Crippen molar-refractivity contribution < 1.29 is 4.84 Å². The lowest BCUT2D eigenvalue weighted by atomic mass is 10.2. The highest BCUT2D eigenvalue weighted by molar-refractivity contribution is 7.18. The summed E-state index contributed by atoms with van der Waals surface area (Å²) in [5, 5.41) is 7.97. The molecule has 0 atom stereocenters. The predicted octanol–water partition coefficient (Wildman–Crippen LogP) is 2.70. The number of hydrogen-bond acceptors (Lipinski definition) is 8. The molecular formula is C14H14N6OS. The second-order valence-corrected chi connectivity index (χ2v) is 5.71. The average Bonchev–Trinajstić information content (AvgIpc) is 2.86. The third-order valence-corrected chi connectivity index (χ3v) is 3.91. The van der Waals surface area contributed by atoms with Crippen molar-refractivity contribution >= 4 is 45.1 Å². The number of fused-ring (bicyclic) bond motifs is 1. The summed E-state index contributed by atoms with van der Waals surface area (Å²) < 4.78 is 1.14. The minimum Gasteiger partial charge on any atom is -0.399 e. The molecule has 3 aromatic rings. The van der Waals surface area contributed by atoms with E-state index in [1.807, 2.05) is 25.1 Å². The number of aromatic nitrogens is 3. The van der Waals surface area contributed by atoms with E-state index in [0.717, 1.165) is 20.9 Å². The smallest absolute Gasteiger partial charge is 0.144 e. The lowest BCUT2D eigenvalue weighted by Crippen LogP contribution is -2.05. The normalized spacial score (nSPS) is 11.2. The molecule has 0 saturated carbocycles. The van der Waals surface area contributed by atoms with Gasteiger partial charge < -0.3 is 15.9 Å². The molecule has 1 aromatic carbocycles. The van der Waals surface area contributed by atoms with Gasteiger partial charge in [0.05, 0.1) is 27.0 Å². The van der Waals surface area contributed by atoms with E-state index in [9.17, 15) is 0 Å². The number of hydrogen-bond donors (Lipinski definition) is 2. The monoisotopic (exact) mass is 314 g/mol. The molecule has 2 heterocycles. The zero-order chi connectivity index (χ0) is 15.5. The van der Waals surface area contributed by atoms with Gasteiger partial charge in [-0.05, 0) is 25.1 Å². The summed E-state index contributed by atoms with van der Waals surface area (Å²) in [7, 11) is 1.46. The zero-order valence-electron chi connectivity index (χ0n) is 12.1. The molecule has 0 aliphatic carbocycles. The van der Waals surface area contributed by atoms with Crippen LogP contribution in [0.25, 0.3) is 10.2 Å². The molecule has 112 valence electrons. The van der Waals surface area contributed by atoms with Gasteiger partial charge in [-0.3, -0.25) is 0 Å². The first-order chi connectivity index (χ1) is 10.7. The number of nitrogen functional groups attached to an aromatic ring is 1. The van der Waals surface area contributed by atoms with Crippen LogP contribution in [0.1, 0.15) is 10.6 Å². The number of nitrogens with one attached hydrogen (secondary N) is 1. The Balaban J connectivity index is 1.97. The molecule has 0 aliphatic heterocycles. The van der Waals surface area contributed by atoms with Gasteiger partial charge >= 0.3 is 0 Å². The van der Waals surface area contributed by atoms with E-state index in [1.165, 1.54) is 19.7 Å². The molecule has 3 N–H and O–H groups in total. The number of rotatable bonds is 4. The van der Waals surface area contributed by atoms with Crippen molar-refractivity contribution in [2.45, 2.75) is 6.92 Å². The fourth-order valence-electron chi connectivity index (χ4n) is 2.00. The van der Waals surface area contributed by atoms with E-state index in [4.69, 9.17) is 5.73 Å². The third kappa shape index (κ3) is 2.82. The molecule has 0 radical (unpaired) electrons. The Kier molecular flexibility index (Phi) is 3.84. The maximum absolute atomic E-state index is 5.86. The highest BCUT2D eigenvalue weighted by atomic mass is 32.1. The van der Waals surface area contributed by atoms with Gasteiger partial charge in [0.1, 0.15) is 25.1 Å². The molecule has 7 nitrogen and oxygen atoms in total. The van der Waals surface area contributed by atoms with Crippen LogP contribution in [0.5, 0.6) is 0 Å². The highest BCUT2D eigenvalue weighted by Crippen LogP contribution is 2.27. The Bertz CT molecular complexity index is 844. The Hall–Kier alpha value is -2.74. The minimum absolute atomic E-state index is 0.323. The highest BCUT2D eigenvalue weighted by Gasteiger charge is 2.09. The molecule has 0 unspecified atom stereocenters. The van der Waals surface area contributed by atoms with Crippen molar-refractivity contribution in [1.29, 1.82) is 0 Å². The maximum atomic E-state index is 5.86. The Morgan fingerprint density at radius 2 is 2.23 bits per heavy atom. The van der Waals surface area contributed by atoms with Crippen LogP contribution in [-0.4, -0.2) is 28.3 Å². The van der Waals surface area contributed by atoms with Crippen LogP contribution in [0, 0.1) is 6.92 Å². The van der Waals surface area contributed by atoms with Gasteiger partial charge in [-0.25, -0.2) is 15.0 Å². The van der Waals surface area contributed by atoms with Crippen molar-refractivity contribution in [2.24, 2.45) is 5.16 Å².